The van der Waals surface area contributed by atoms with Crippen LogP contribution in [0.25, 0.3) is 0 Å². The molecule has 5 atom stereocenters. The van der Waals surface area contributed by atoms with Crippen LogP contribution in [0.3, 0.4) is 0 Å². The van der Waals surface area contributed by atoms with E-state index in [-0.39, 0.29) is 17.9 Å². The van der Waals surface area contributed by atoms with E-state index in [1.165, 1.54) is 11.1 Å². The Bertz CT molecular complexity index is 842. The Morgan fingerprint density at radius 3 is 2.91 bits per heavy atom. The highest BCUT2D eigenvalue weighted by Crippen LogP contribution is 2.48. The van der Waals surface area contributed by atoms with E-state index in [0.29, 0.717) is 51.0 Å². The molecule has 0 spiro atoms. The van der Waals surface area contributed by atoms with Gasteiger partial charge in [-0.05, 0) is 50.0 Å². The van der Waals surface area contributed by atoms with Crippen molar-refractivity contribution in [2.75, 3.05) is 26.3 Å². The minimum Gasteiger partial charge on any atom is -0.392 e. The summed E-state index contributed by atoms with van der Waals surface area (Å²) in [4.78, 5) is 14.3. The van der Waals surface area contributed by atoms with Gasteiger partial charge in [-0.2, -0.15) is 0 Å². The molecule has 0 radical (unpaired) electrons. The second-order valence-electron chi connectivity index (χ2n) is 9.73. The highest BCUT2D eigenvalue weighted by molar-refractivity contribution is 5.76. The number of morpholine rings is 1. The van der Waals surface area contributed by atoms with Crippen molar-refractivity contribution in [3.05, 3.63) is 59.2 Å². The van der Waals surface area contributed by atoms with Crippen molar-refractivity contribution in [2.45, 2.75) is 57.7 Å². The van der Waals surface area contributed by atoms with Gasteiger partial charge in [0, 0.05) is 31.8 Å². The average Bonchev–Trinajstić information content (AvgIpc) is 3.29. The van der Waals surface area contributed by atoms with Crippen molar-refractivity contribution in [1.82, 2.24) is 4.90 Å². The molecular formula is C27H37NO4. The number of aliphatic hydroxyl groups is 2. The molecule has 0 bridgehead atoms. The molecule has 0 aromatic heterocycles. The molecule has 3 aliphatic rings. The number of hydrogen-bond donors (Lipinski definition) is 2. The number of hydrogen-bond acceptors (Lipinski definition) is 4. The Hall–Kier alpha value is -1.95. The third kappa shape index (κ3) is 5.89. The monoisotopic (exact) mass is 439 g/mol. The minimum atomic E-state index is -0.539. The summed E-state index contributed by atoms with van der Waals surface area (Å²) in [6.07, 6.45) is 10.2. The lowest BCUT2D eigenvalue weighted by atomic mass is 9.88. The normalized spacial score (nSPS) is 28.7. The molecule has 1 heterocycles. The zero-order chi connectivity index (χ0) is 22.5. The molecule has 1 aromatic carbocycles. The second kappa shape index (κ2) is 10.8. The van der Waals surface area contributed by atoms with Crippen molar-refractivity contribution in [3.63, 3.8) is 0 Å². The summed E-state index contributed by atoms with van der Waals surface area (Å²) in [5, 5.41) is 21.1. The van der Waals surface area contributed by atoms with Crippen LogP contribution in [0.5, 0.6) is 0 Å². The number of allylic oxidation sites excluding steroid dienone is 2. The lowest BCUT2D eigenvalue weighted by molar-refractivity contribution is -0.135. The Morgan fingerprint density at radius 2 is 2.12 bits per heavy atom. The summed E-state index contributed by atoms with van der Waals surface area (Å²) < 4.78 is 5.32. The van der Waals surface area contributed by atoms with E-state index in [1.807, 2.05) is 23.1 Å². The topological polar surface area (TPSA) is 70.0 Å². The van der Waals surface area contributed by atoms with Gasteiger partial charge in [-0.25, -0.2) is 0 Å². The van der Waals surface area contributed by atoms with Crippen LogP contribution in [-0.2, 0) is 16.0 Å². The molecule has 1 aliphatic heterocycles. The maximum absolute atomic E-state index is 12.3. The van der Waals surface area contributed by atoms with Gasteiger partial charge < -0.3 is 19.8 Å². The highest BCUT2D eigenvalue weighted by atomic mass is 16.5. The molecule has 2 fully saturated rings. The number of carbonyl (C=O) groups is 1. The number of aryl methyl sites for hydroxylation is 1. The number of fused-ring (bicyclic) bond motifs is 1. The van der Waals surface area contributed by atoms with Crippen molar-refractivity contribution in [2.24, 2.45) is 17.8 Å². The van der Waals surface area contributed by atoms with E-state index in [4.69, 9.17) is 4.74 Å². The van der Waals surface area contributed by atoms with Gasteiger partial charge in [-0.3, -0.25) is 4.79 Å². The largest absolute Gasteiger partial charge is 0.392 e. The van der Waals surface area contributed by atoms with Gasteiger partial charge in [-0.15, -0.1) is 0 Å². The number of ether oxygens (including phenoxy) is 1. The standard InChI is InChI=1S/C27H37NO4/c1-19-4-2-5-20(14-19)16-23(29)8-9-24-25-17-21(15-22(25)18-26(24)30)6-3-7-27(31)28-10-12-32-13-11-28/h2,4-5,8-9,14-15,22-26,29-30H,3,6-7,10-13,16-18H2,1H3/t22-,23-,24+,25-,26+/m0/s1. The van der Waals surface area contributed by atoms with Gasteiger partial charge in [0.1, 0.15) is 0 Å². The molecular weight excluding hydrogens is 402 g/mol. The molecule has 2 aliphatic carbocycles. The van der Waals surface area contributed by atoms with Crippen molar-refractivity contribution in [3.8, 4) is 0 Å². The fourth-order valence-corrected chi connectivity index (χ4v) is 5.63. The third-order valence-corrected chi connectivity index (χ3v) is 7.29. The molecule has 1 saturated carbocycles. The Balaban J connectivity index is 1.24. The molecule has 5 nitrogen and oxygen atoms in total. The number of amides is 1. The van der Waals surface area contributed by atoms with E-state index in [1.54, 1.807) is 0 Å². The molecule has 1 amide bonds. The Labute approximate surface area is 191 Å². The fraction of sp³-hybridized carbons (Fsp3) is 0.593. The van der Waals surface area contributed by atoms with Crippen LogP contribution in [0.1, 0.15) is 43.2 Å². The Morgan fingerprint density at radius 1 is 1.31 bits per heavy atom. The average molecular weight is 440 g/mol. The van der Waals surface area contributed by atoms with Gasteiger partial charge in [0.2, 0.25) is 5.91 Å². The second-order valence-corrected chi connectivity index (χ2v) is 9.73. The molecule has 32 heavy (non-hydrogen) atoms. The first-order valence-electron chi connectivity index (χ1n) is 12.1. The smallest absolute Gasteiger partial charge is 0.222 e. The SMILES string of the molecule is Cc1cccc(C[C@@H](O)C=C[C@@H]2[C@H]3CC(CCCC(=O)N4CCOCC4)=C[C@H]3C[C@H]2O)c1. The van der Waals surface area contributed by atoms with E-state index in [9.17, 15) is 15.0 Å². The zero-order valence-electron chi connectivity index (χ0n) is 19.2. The van der Waals surface area contributed by atoms with Gasteiger partial charge in [0.25, 0.3) is 0 Å². The van der Waals surface area contributed by atoms with E-state index in [2.05, 4.69) is 31.2 Å². The van der Waals surface area contributed by atoms with Crippen LogP contribution in [0.2, 0.25) is 0 Å². The summed E-state index contributed by atoms with van der Waals surface area (Å²) in [6.45, 7) is 4.79. The van der Waals surface area contributed by atoms with Crippen molar-refractivity contribution in [1.29, 1.82) is 0 Å². The summed E-state index contributed by atoms with van der Waals surface area (Å²) in [7, 11) is 0. The number of aliphatic hydroxyl groups excluding tert-OH is 2. The maximum Gasteiger partial charge on any atom is 0.222 e. The van der Waals surface area contributed by atoms with Crippen LogP contribution in [0, 0.1) is 24.7 Å². The highest BCUT2D eigenvalue weighted by Gasteiger charge is 2.43. The van der Waals surface area contributed by atoms with Gasteiger partial charge in [0.15, 0.2) is 0 Å². The lowest BCUT2D eigenvalue weighted by Crippen LogP contribution is -2.40. The van der Waals surface area contributed by atoms with Gasteiger partial charge >= 0.3 is 0 Å². The van der Waals surface area contributed by atoms with Crippen molar-refractivity contribution < 1.29 is 19.7 Å². The summed E-state index contributed by atoms with van der Waals surface area (Å²) in [6, 6.07) is 8.23. The molecule has 4 rings (SSSR count). The molecule has 1 saturated heterocycles. The van der Waals surface area contributed by atoms with Crippen LogP contribution >= 0.6 is 0 Å². The number of rotatable bonds is 8. The predicted molar refractivity (Wildman–Crippen MR) is 125 cm³/mol. The van der Waals surface area contributed by atoms with Crippen LogP contribution in [0.15, 0.2) is 48.1 Å². The first kappa shape index (κ1) is 23.2. The number of nitrogens with zero attached hydrogens (tertiary/aromatic N) is 1. The van der Waals surface area contributed by atoms with E-state index >= 15 is 0 Å². The van der Waals surface area contributed by atoms with E-state index < -0.39 is 6.10 Å². The summed E-state index contributed by atoms with van der Waals surface area (Å²) in [5.74, 6) is 1.16. The van der Waals surface area contributed by atoms with Crippen molar-refractivity contribution >= 4 is 5.91 Å². The van der Waals surface area contributed by atoms with E-state index in [0.717, 1.165) is 31.2 Å². The first-order chi connectivity index (χ1) is 15.5. The molecule has 0 unspecified atom stereocenters. The Kier molecular flexibility index (Phi) is 7.82. The first-order valence-corrected chi connectivity index (χ1v) is 12.1. The zero-order valence-corrected chi connectivity index (χ0v) is 19.2. The summed E-state index contributed by atoms with van der Waals surface area (Å²) in [5.41, 5.74) is 3.76. The number of benzene rings is 1. The van der Waals surface area contributed by atoms with Crippen LogP contribution in [0.4, 0.5) is 0 Å². The molecule has 1 aromatic rings. The van der Waals surface area contributed by atoms with Gasteiger partial charge in [0.05, 0.1) is 25.4 Å². The predicted octanol–water partition coefficient (Wildman–Crippen LogP) is 3.43. The molecule has 2 N–H and O–H groups in total. The third-order valence-electron chi connectivity index (χ3n) is 7.29. The lowest BCUT2D eigenvalue weighted by Gasteiger charge is -2.26. The molecule has 5 heteroatoms. The van der Waals surface area contributed by atoms with Crippen LogP contribution < -0.4 is 0 Å². The minimum absolute atomic E-state index is 0.0934. The molecule has 174 valence electrons. The maximum atomic E-state index is 12.3. The number of carbonyl (C=O) groups excluding carboxylic acids is 1. The summed E-state index contributed by atoms with van der Waals surface area (Å²) >= 11 is 0. The van der Waals surface area contributed by atoms with Crippen LogP contribution in [-0.4, -0.2) is 59.5 Å². The van der Waals surface area contributed by atoms with Gasteiger partial charge in [-0.1, -0.05) is 53.6 Å². The fourth-order valence-electron chi connectivity index (χ4n) is 5.63. The quantitative estimate of drug-likeness (QED) is 0.609.